The van der Waals surface area contributed by atoms with E-state index in [1.54, 1.807) is 17.4 Å². The third kappa shape index (κ3) is 2.14. The first-order chi connectivity index (χ1) is 9.56. The summed E-state index contributed by atoms with van der Waals surface area (Å²) in [5.74, 6) is 0.317. The van der Waals surface area contributed by atoms with Crippen molar-refractivity contribution in [1.82, 2.24) is 9.38 Å². The lowest BCUT2D eigenvalue weighted by Gasteiger charge is -2.09. The topological polar surface area (TPSA) is 49.6 Å². The van der Waals surface area contributed by atoms with E-state index in [2.05, 4.69) is 27.0 Å². The zero-order valence-electron chi connectivity index (χ0n) is 11.8. The van der Waals surface area contributed by atoms with Gasteiger partial charge in [0, 0.05) is 22.8 Å². The summed E-state index contributed by atoms with van der Waals surface area (Å²) in [6, 6.07) is 5.64. The van der Waals surface area contributed by atoms with Crippen LogP contribution in [-0.2, 0) is 6.54 Å². The highest BCUT2D eigenvalue weighted by Crippen LogP contribution is 2.24. The first kappa shape index (κ1) is 13.0. The summed E-state index contributed by atoms with van der Waals surface area (Å²) in [6.45, 7) is 6.69. The molecule has 0 spiro atoms. The van der Waals surface area contributed by atoms with Crippen LogP contribution in [0.3, 0.4) is 0 Å². The Morgan fingerprint density at radius 1 is 1.30 bits per heavy atom. The van der Waals surface area contributed by atoms with E-state index in [-0.39, 0.29) is 0 Å². The lowest BCUT2D eigenvalue weighted by molar-refractivity contribution is 0.471. The molecule has 0 radical (unpaired) electrons. The fourth-order valence-electron chi connectivity index (χ4n) is 2.28. The Balaban J connectivity index is 1.88. The predicted octanol–water partition coefficient (Wildman–Crippen LogP) is 3.64. The van der Waals surface area contributed by atoms with E-state index >= 15 is 0 Å². The van der Waals surface area contributed by atoms with Crippen LogP contribution in [0.15, 0.2) is 23.6 Å². The second-order valence-corrected chi connectivity index (χ2v) is 5.83. The van der Waals surface area contributed by atoms with Crippen LogP contribution in [0.25, 0.3) is 4.96 Å². The minimum Gasteiger partial charge on any atom is -0.508 e. The summed E-state index contributed by atoms with van der Waals surface area (Å²) in [7, 11) is 0. The molecule has 2 N–H and O–H groups in total. The Kier molecular flexibility index (Phi) is 3.14. The molecule has 2 aromatic heterocycles. The number of nitrogens with one attached hydrogen (secondary N) is 1. The van der Waals surface area contributed by atoms with Crippen LogP contribution in [0, 0.1) is 20.8 Å². The van der Waals surface area contributed by atoms with Gasteiger partial charge in [-0.15, -0.1) is 11.3 Å². The highest BCUT2D eigenvalue weighted by atomic mass is 32.1. The Morgan fingerprint density at radius 3 is 2.85 bits per heavy atom. The Morgan fingerprint density at radius 2 is 2.10 bits per heavy atom. The summed E-state index contributed by atoms with van der Waals surface area (Å²) >= 11 is 1.66. The van der Waals surface area contributed by atoms with Gasteiger partial charge < -0.3 is 10.4 Å². The molecule has 0 fully saturated rings. The molecule has 1 aromatic carbocycles. The predicted molar refractivity (Wildman–Crippen MR) is 82.7 cm³/mol. The number of phenolic OH excluding ortho intramolecular Hbond substituents is 1. The standard InChI is InChI=1S/C15H17N3OS/c1-9-4-5-12(6-14(9)19)16-7-13-11(3)17-15-18(13)10(2)8-20-15/h4-6,8,16,19H,7H2,1-3H3. The van der Waals surface area contributed by atoms with Crippen LogP contribution in [0.4, 0.5) is 5.69 Å². The third-order valence-electron chi connectivity index (χ3n) is 3.50. The average molecular weight is 287 g/mol. The monoisotopic (exact) mass is 287 g/mol. The van der Waals surface area contributed by atoms with Gasteiger partial charge in [0.2, 0.25) is 0 Å². The smallest absolute Gasteiger partial charge is 0.194 e. The van der Waals surface area contributed by atoms with Crippen molar-refractivity contribution in [2.45, 2.75) is 27.3 Å². The van der Waals surface area contributed by atoms with E-state index in [4.69, 9.17) is 0 Å². The fourth-order valence-corrected chi connectivity index (χ4v) is 3.21. The van der Waals surface area contributed by atoms with Crippen molar-refractivity contribution in [1.29, 1.82) is 0 Å². The molecule has 3 rings (SSSR count). The molecule has 4 nitrogen and oxygen atoms in total. The number of benzene rings is 1. The molecule has 0 unspecified atom stereocenters. The number of thiazole rings is 1. The Bertz CT molecular complexity index is 773. The molecule has 3 aromatic rings. The fraction of sp³-hybridized carbons (Fsp3) is 0.267. The summed E-state index contributed by atoms with van der Waals surface area (Å²) in [4.78, 5) is 5.60. The molecule has 0 aliphatic carbocycles. The van der Waals surface area contributed by atoms with Gasteiger partial charge in [0.05, 0.1) is 17.9 Å². The lowest BCUT2D eigenvalue weighted by atomic mass is 10.2. The molecule has 5 heteroatoms. The molecule has 104 valence electrons. The molecule has 0 atom stereocenters. The summed E-state index contributed by atoms with van der Waals surface area (Å²) in [6.07, 6.45) is 0. The first-order valence-electron chi connectivity index (χ1n) is 6.52. The SMILES string of the molecule is Cc1ccc(NCc2c(C)nc3scc(C)n23)cc1O. The first-order valence-corrected chi connectivity index (χ1v) is 7.39. The van der Waals surface area contributed by atoms with Gasteiger partial charge in [-0.25, -0.2) is 4.98 Å². The van der Waals surface area contributed by atoms with E-state index in [1.807, 2.05) is 26.0 Å². The highest BCUT2D eigenvalue weighted by Gasteiger charge is 2.11. The van der Waals surface area contributed by atoms with Crippen molar-refractivity contribution in [3.8, 4) is 5.75 Å². The van der Waals surface area contributed by atoms with Crippen LogP contribution < -0.4 is 5.32 Å². The maximum atomic E-state index is 9.74. The normalized spacial score (nSPS) is 11.2. The summed E-state index contributed by atoms with van der Waals surface area (Å²) in [5.41, 5.74) is 5.21. The second kappa shape index (κ2) is 4.83. The zero-order valence-corrected chi connectivity index (χ0v) is 12.6. The number of aromatic hydroxyl groups is 1. The summed E-state index contributed by atoms with van der Waals surface area (Å²) in [5, 5.41) is 15.2. The van der Waals surface area contributed by atoms with Crippen molar-refractivity contribution in [3.63, 3.8) is 0 Å². The third-order valence-corrected chi connectivity index (χ3v) is 4.44. The van der Waals surface area contributed by atoms with Crippen molar-refractivity contribution in [3.05, 3.63) is 46.2 Å². The van der Waals surface area contributed by atoms with E-state index in [9.17, 15) is 5.11 Å². The van der Waals surface area contributed by atoms with Crippen LogP contribution in [0.5, 0.6) is 5.75 Å². The summed E-state index contributed by atoms with van der Waals surface area (Å²) < 4.78 is 2.18. The maximum Gasteiger partial charge on any atom is 0.194 e. The average Bonchev–Trinajstić information content (AvgIpc) is 2.91. The highest BCUT2D eigenvalue weighted by molar-refractivity contribution is 7.15. The van der Waals surface area contributed by atoms with Crippen LogP contribution in [0.1, 0.15) is 22.6 Å². The number of fused-ring (bicyclic) bond motifs is 1. The molecule has 0 saturated carbocycles. The molecule has 0 amide bonds. The zero-order chi connectivity index (χ0) is 14.3. The van der Waals surface area contributed by atoms with Crippen molar-refractivity contribution < 1.29 is 5.11 Å². The molecule has 0 bridgehead atoms. The van der Waals surface area contributed by atoms with Crippen LogP contribution in [0.2, 0.25) is 0 Å². The Labute approximate surface area is 121 Å². The van der Waals surface area contributed by atoms with Gasteiger partial charge in [-0.2, -0.15) is 0 Å². The van der Waals surface area contributed by atoms with Crippen LogP contribution >= 0.6 is 11.3 Å². The number of aryl methyl sites for hydroxylation is 3. The van der Waals surface area contributed by atoms with Gasteiger partial charge in [0.25, 0.3) is 0 Å². The molecule has 0 saturated heterocycles. The van der Waals surface area contributed by atoms with Gasteiger partial charge in [0.15, 0.2) is 4.96 Å². The molecule has 0 aliphatic heterocycles. The molecule has 2 heterocycles. The van der Waals surface area contributed by atoms with Crippen LogP contribution in [-0.4, -0.2) is 14.5 Å². The minimum absolute atomic E-state index is 0.317. The quantitative estimate of drug-likeness (QED) is 0.773. The van der Waals surface area contributed by atoms with Gasteiger partial charge in [-0.3, -0.25) is 4.40 Å². The molecular weight excluding hydrogens is 270 g/mol. The van der Waals surface area contributed by atoms with Gasteiger partial charge >= 0.3 is 0 Å². The number of hydrogen-bond acceptors (Lipinski definition) is 4. The number of aromatic nitrogens is 2. The van der Waals surface area contributed by atoms with Gasteiger partial charge in [-0.1, -0.05) is 6.07 Å². The van der Waals surface area contributed by atoms with Crippen molar-refractivity contribution >= 4 is 22.0 Å². The lowest BCUT2D eigenvalue weighted by Crippen LogP contribution is -2.04. The number of rotatable bonds is 3. The van der Waals surface area contributed by atoms with Gasteiger partial charge in [-0.05, 0) is 32.4 Å². The molecule has 20 heavy (non-hydrogen) atoms. The van der Waals surface area contributed by atoms with Crippen molar-refractivity contribution in [2.75, 3.05) is 5.32 Å². The number of imidazole rings is 1. The maximum absolute atomic E-state index is 9.74. The Hall–Kier alpha value is -2.01. The minimum atomic E-state index is 0.317. The molecule has 0 aliphatic rings. The van der Waals surface area contributed by atoms with E-state index in [0.717, 1.165) is 21.9 Å². The number of hydrogen-bond donors (Lipinski definition) is 2. The number of phenols is 1. The van der Waals surface area contributed by atoms with Crippen molar-refractivity contribution in [2.24, 2.45) is 0 Å². The number of nitrogens with zero attached hydrogens (tertiary/aromatic N) is 2. The largest absolute Gasteiger partial charge is 0.508 e. The van der Waals surface area contributed by atoms with E-state index < -0.39 is 0 Å². The van der Waals surface area contributed by atoms with E-state index in [0.29, 0.717) is 12.3 Å². The van der Waals surface area contributed by atoms with Gasteiger partial charge in [0.1, 0.15) is 5.75 Å². The molecular formula is C15H17N3OS. The van der Waals surface area contributed by atoms with E-state index in [1.165, 1.54) is 11.4 Å². The number of anilines is 1. The second-order valence-electron chi connectivity index (χ2n) is 4.99.